The van der Waals surface area contributed by atoms with Crippen LogP contribution in [-0.2, 0) is 0 Å². The van der Waals surface area contributed by atoms with Crippen molar-refractivity contribution in [3.8, 4) is 5.82 Å². The molecule has 0 aliphatic rings. The third-order valence-electron chi connectivity index (χ3n) is 1.96. The summed E-state index contributed by atoms with van der Waals surface area (Å²) < 4.78 is 2.14. The summed E-state index contributed by atoms with van der Waals surface area (Å²) in [6.07, 6.45) is 3.18. The number of aromatic nitrogens is 4. The maximum absolute atomic E-state index is 11.0. The average Bonchev–Trinajstić information content (AvgIpc) is 2.62. The van der Waals surface area contributed by atoms with Gasteiger partial charge in [0.1, 0.15) is 5.69 Å². The SMILES string of the molecule is Cc1nc(Cl)nc(-n2cc(I)cn2)c1[N+](=O)[O-]. The van der Waals surface area contributed by atoms with Gasteiger partial charge in [-0.3, -0.25) is 10.1 Å². The predicted molar refractivity (Wildman–Crippen MR) is 68.3 cm³/mol. The second-order valence-corrected chi connectivity index (χ2v) is 4.69. The Morgan fingerprint density at radius 2 is 2.24 bits per heavy atom. The van der Waals surface area contributed by atoms with Crippen LogP contribution in [0.1, 0.15) is 5.69 Å². The lowest BCUT2D eigenvalue weighted by atomic mass is 10.3. The van der Waals surface area contributed by atoms with Crippen molar-refractivity contribution in [2.24, 2.45) is 0 Å². The molecule has 0 N–H and O–H groups in total. The standard InChI is InChI=1S/C8H5ClIN5O2/c1-4-6(15(16)17)7(13-8(9)12-4)14-3-5(10)2-11-14/h2-3H,1H3. The van der Waals surface area contributed by atoms with E-state index in [0.717, 1.165) is 3.57 Å². The van der Waals surface area contributed by atoms with Crippen LogP contribution in [0.25, 0.3) is 5.82 Å². The van der Waals surface area contributed by atoms with E-state index in [1.54, 1.807) is 12.4 Å². The van der Waals surface area contributed by atoms with Gasteiger partial charge in [-0.15, -0.1) is 0 Å². The van der Waals surface area contributed by atoms with Crippen LogP contribution in [0.2, 0.25) is 5.28 Å². The second-order valence-electron chi connectivity index (χ2n) is 3.11. The third-order valence-corrected chi connectivity index (χ3v) is 2.69. The van der Waals surface area contributed by atoms with Crippen LogP contribution >= 0.6 is 34.2 Å². The lowest BCUT2D eigenvalue weighted by Crippen LogP contribution is -2.07. The predicted octanol–water partition coefficient (Wildman–Crippen LogP) is 2.14. The molecular formula is C8H5ClIN5O2. The minimum absolute atomic E-state index is 0.0476. The first kappa shape index (κ1) is 12.2. The average molecular weight is 366 g/mol. The van der Waals surface area contributed by atoms with Crippen molar-refractivity contribution in [2.45, 2.75) is 6.92 Å². The van der Waals surface area contributed by atoms with Crippen molar-refractivity contribution < 1.29 is 4.92 Å². The summed E-state index contributed by atoms with van der Waals surface area (Å²) in [6, 6.07) is 0. The highest BCUT2D eigenvalue weighted by molar-refractivity contribution is 14.1. The highest BCUT2D eigenvalue weighted by Gasteiger charge is 2.23. The van der Waals surface area contributed by atoms with Crippen LogP contribution in [0.4, 0.5) is 5.69 Å². The summed E-state index contributed by atoms with van der Waals surface area (Å²) in [5, 5.41) is 14.9. The van der Waals surface area contributed by atoms with Gasteiger partial charge in [0.2, 0.25) is 11.1 Å². The summed E-state index contributed by atoms with van der Waals surface area (Å²) in [4.78, 5) is 18.0. The Bertz CT molecular complexity index is 600. The molecule has 0 fully saturated rings. The quantitative estimate of drug-likeness (QED) is 0.352. The van der Waals surface area contributed by atoms with Crippen LogP contribution < -0.4 is 0 Å². The zero-order chi connectivity index (χ0) is 12.6. The molecule has 0 bridgehead atoms. The fourth-order valence-corrected chi connectivity index (χ4v) is 1.90. The van der Waals surface area contributed by atoms with E-state index in [1.165, 1.54) is 11.6 Å². The zero-order valence-corrected chi connectivity index (χ0v) is 11.4. The number of nitro groups is 1. The van der Waals surface area contributed by atoms with Gasteiger partial charge in [-0.2, -0.15) is 10.1 Å². The highest BCUT2D eigenvalue weighted by Crippen LogP contribution is 2.25. The molecule has 0 spiro atoms. The van der Waals surface area contributed by atoms with Crippen molar-refractivity contribution in [3.05, 3.63) is 37.1 Å². The van der Waals surface area contributed by atoms with E-state index in [-0.39, 0.29) is 22.5 Å². The monoisotopic (exact) mass is 365 g/mol. The smallest absolute Gasteiger partial charge is 0.258 e. The molecule has 7 nitrogen and oxygen atoms in total. The second kappa shape index (κ2) is 4.53. The number of hydrogen-bond acceptors (Lipinski definition) is 5. The first-order valence-corrected chi connectivity index (χ1v) is 5.84. The topological polar surface area (TPSA) is 86.7 Å². The van der Waals surface area contributed by atoms with Crippen LogP contribution in [0.5, 0.6) is 0 Å². The van der Waals surface area contributed by atoms with Gasteiger partial charge in [0.25, 0.3) is 0 Å². The third kappa shape index (κ3) is 2.36. The Morgan fingerprint density at radius 3 is 2.76 bits per heavy atom. The molecular weight excluding hydrogens is 360 g/mol. The van der Waals surface area contributed by atoms with Crippen molar-refractivity contribution >= 4 is 39.9 Å². The van der Waals surface area contributed by atoms with E-state index in [4.69, 9.17) is 11.6 Å². The molecule has 0 saturated heterocycles. The molecule has 9 heteroatoms. The number of aryl methyl sites for hydroxylation is 1. The normalized spacial score (nSPS) is 10.5. The first-order chi connectivity index (χ1) is 7.99. The van der Waals surface area contributed by atoms with E-state index >= 15 is 0 Å². The van der Waals surface area contributed by atoms with Gasteiger partial charge in [-0.1, -0.05) is 0 Å². The van der Waals surface area contributed by atoms with Crippen molar-refractivity contribution in [1.29, 1.82) is 0 Å². The fourth-order valence-electron chi connectivity index (χ4n) is 1.31. The molecule has 17 heavy (non-hydrogen) atoms. The molecule has 0 aromatic carbocycles. The summed E-state index contributed by atoms with van der Waals surface area (Å²) >= 11 is 7.74. The van der Waals surface area contributed by atoms with Gasteiger partial charge in [-0.25, -0.2) is 9.67 Å². The Hall–Kier alpha value is -1.29. The van der Waals surface area contributed by atoms with Crippen LogP contribution in [0.15, 0.2) is 12.4 Å². The van der Waals surface area contributed by atoms with Crippen LogP contribution in [0.3, 0.4) is 0 Å². The maximum Gasteiger partial charge on any atom is 0.334 e. The molecule has 2 rings (SSSR count). The number of nitrogens with zero attached hydrogens (tertiary/aromatic N) is 5. The van der Waals surface area contributed by atoms with Gasteiger partial charge in [0, 0.05) is 6.20 Å². The Balaban J connectivity index is 2.71. The molecule has 0 unspecified atom stereocenters. The van der Waals surface area contributed by atoms with E-state index in [0.29, 0.717) is 0 Å². The molecule has 0 amide bonds. The van der Waals surface area contributed by atoms with Gasteiger partial charge >= 0.3 is 5.69 Å². The Labute approximate surface area is 114 Å². The fraction of sp³-hybridized carbons (Fsp3) is 0.125. The molecule has 0 aliphatic carbocycles. The minimum atomic E-state index is -0.546. The molecule has 2 aromatic rings. The van der Waals surface area contributed by atoms with Crippen molar-refractivity contribution in [3.63, 3.8) is 0 Å². The summed E-state index contributed by atoms with van der Waals surface area (Å²) in [5.74, 6) is 0.0652. The zero-order valence-electron chi connectivity index (χ0n) is 8.46. The molecule has 0 aliphatic heterocycles. The number of hydrogen-bond donors (Lipinski definition) is 0. The van der Waals surface area contributed by atoms with E-state index < -0.39 is 4.92 Å². The summed E-state index contributed by atoms with van der Waals surface area (Å²) in [6.45, 7) is 1.50. The maximum atomic E-state index is 11.0. The summed E-state index contributed by atoms with van der Waals surface area (Å²) in [5.41, 5.74) is 0.00408. The molecule has 88 valence electrons. The van der Waals surface area contributed by atoms with E-state index in [2.05, 4.69) is 15.1 Å². The Kier molecular flexibility index (Phi) is 3.24. The van der Waals surface area contributed by atoms with Crippen LogP contribution in [-0.4, -0.2) is 24.7 Å². The first-order valence-electron chi connectivity index (χ1n) is 4.38. The molecule has 2 aromatic heterocycles. The van der Waals surface area contributed by atoms with E-state index in [1.807, 2.05) is 22.6 Å². The molecule has 0 radical (unpaired) electrons. The highest BCUT2D eigenvalue weighted by atomic mass is 127. The van der Waals surface area contributed by atoms with Crippen molar-refractivity contribution in [2.75, 3.05) is 0 Å². The van der Waals surface area contributed by atoms with Crippen molar-refractivity contribution in [1.82, 2.24) is 19.7 Å². The molecule has 0 saturated carbocycles. The minimum Gasteiger partial charge on any atom is -0.258 e. The Morgan fingerprint density at radius 1 is 1.53 bits per heavy atom. The largest absolute Gasteiger partial charge is 0.334 e. The lowest BCUT2D eigenvalue weighted by Gasteiger charge is -2.04. The molecule has 2 heterocycles. The van der Waals surface area contributed by atoms with Gasteiger partial charge < -0.3 is 0 Å². The number of halogens is 2. The van der Waals surface area contributed by atoms with Crippen LogP contribution in [0, 0.1) is 20.6 Å². The van der Waals surface area contributed by atoms with E-state index in [9.17, 15) is 10.1 Å². The van der Waals surface area contributed by atoms with Gasteiger partial charge in [0.05, 0.1) is 14.7 Å². The lowest BCUT2D eigenvalue weighted by molar-refractivity contribution is -0.385. The summed E-state index contributed by atoms with van der Waals surface area (Å²) in [7, 11) is 0. The van der Waals surface area contributed by atoms with Gasteiger partial charge in [0.15, 0.2) is 0 Å². The van der Waals surface area contributed by atoms with Gasteiger partial charge in [-0.05, 0) is 41.1 Å². The molecule has 0 atom stereocenters. The number of rotatable bonds is 2.